The van der Waals surface area contributed by atoms with Crippen molar-refractivity contribution in [2.24, 2.45) is 17.4 Å². The molecule has 10 N–H and O–H groups in total. The second-order valence-electron chi connectivity index (χ2n) is 9.73. The Morgan fingerprint density at radius 1 is 0.949 bits per heavy atom. The van der Waals surface area contributed by atoms with Crippen LogP contribution in [0.15, 0.2) is 36.8 Å². The van der Waals surface area contributed by atoms with Crippen LogP contribution in [-0.2, 0) is 32.0 Å². The highest BCUT2D eigenvalue weighted by Crippen LogP contribution is 2.13. The van der Waals surface area contributed by atoms with Gasteiger partial charge in [-0.3, -0.25) is 14.4 Å². The van der Waals surface area contributed by atoms with E-state index in [0.29, 0.717) is 37.1 Å². The van der Waals surface area contributed by atoms with Crippen molar-refractivity contribution in [3.63, 3.8) is 0 Å². The van der Waals surface area contributed by atoms with Crippen LogP contribution in [0.1, 0.15) is 44.4 Å². The molecule has 0 saturated heterocycles. The number of nitrogens with two attached hydrogens (primary N) is 2. The molecule has 0 radical (unpaired) electrons. The number of phenolic OH excluding ortho intramolecular Hbond substituents is 1. The maximum absolute atomic E-state index is 13.5. The molecule has 1 heterocycles. The molecule has 2 rings (SSSR count). The number of aromatic hydroxyl groups is 1. The van der Waals surface area contributed by atoms with Gasteiger partial charge in [-0.15, -0.1) is 0 Å². The summed E-state index contributed by atoms with van der Waals surface area (Å²) in [5, 5.41) is 26.9. The summed E-state index contributed by atoms with van der Waals surface area (Å²) in [6.07, 6.45) is 4.69. The van der Waals surface area contributed by atoms with E-state index >= 15 is 0 Å². The first-order valence-electron chi connectivity index (χ1n) is 12.9. The Labute approximate surface area is 227 Å². The van der Waals surface area contributed by atoms with Crippen molar-refractivity contribution in [3.05, 3.63) is 48.0 Å². The topological polar surface area (TPSA) is 226 Å². The minimum atomic E-state index is -1.20. The second kappa shape index (κ2) is 15.4. The van der Waals surface area contributed by atoms with Crippen LogP contribution in [0.4, 0.5) is 0 Å². The molecule has 1 aromatic heterocycles. The van der Waals surface area contributed by atoms with Gasteiger partial charge in [-0.05, 0) is 43.0 Å². The SMILES string of the molecule is CC(C)C(NC(=O)C(Cc1cnc[nH]1)NC(=O)C(Cc1ccc(O)cc1)NC(=O)C(N)CCCCN)C(=O)O. The van der Waals surface area contributed by atoms with Gasteiger partial charge in [0.1, 0.15) is 23.9 Å². The zero-order chi connectivity index (χ0) is 28.9. The van der Waals surface area contributed by atoms with Crippen LogP contribution in [0.2, 0.25) is 0 Å². The summed E-state index contributed by atoms with van der Waals surface area (Å²) in [6.45, 7) is 3.78. The predicted molar refractivity (Wildman–Crippen MR) is 143 cm³/mol. The fourth-order valence-corrected chi connectivity index (χ4v) is 3.86. The molecule has 39 heavy (non-hydrogen) atoms. The van der Waals surface area contributed by atoms with Crippen molar-refractivity contribution in [3.8, 4) is 5.75 Å². The van der Waals surface area contributed by atoms with Crippen molar-refractivity contribution in [2.45, 2.75) is 70.1 Å². The first kappa shape index (κ1) is 31.2. The second-order valence-corrected chi connectivity index (χ2v) is 9.73. The summed E-state index contributed by atoms with van der Waals surface area (Å²) in [5.74, 6) is -3.47. The number of aromatic amines is 1. The number of carboxylic acid groups (broad SMARTS) is 1. The van der Waals surface area contributed by atoms with E-state index in [-0.39, 0.29) is 18.6 Å². The summed E-state index contributed by atoms with van der Waals surface area (Å²) in [7, 11) is 0. The van der Waals surface area contributed by atoms with Crippen molar-refractivity contribution in [1.29, 1.82) is 0 Å². The number of amides is 3. The number of nitrogens with one attached hydrogen (secondary N) is 4. The van der Waals surface area contributed by atoms with E-state index in [1.54, 1.807) is 26.0 Å². The van der Waals surface area contributed by atoms with E-state index in [1.165, 1.54) is 24.7 Å². The predicted octanol–water partition coefficient (Wildman–Crippen LogP) is -0.448. The van der Waals surface area contributed by atoms with Gasteiger partial charge >= 0.3 is 5.97 Å². The molecule has 0 saturated carbocycles. The fourth-order valence-electron chi connectivity index (χ4n) is 3.86. The molecule has 0 bridgehead atoms. The molecule has 0 spiro atoms. The first-order chi connectivity index (χ1) is 18.5. The molecule has 0 fully saturated rings. The molecule has 4 atom stereocenters. The van der Waals surface area contributed by atoms with Gasteiger partial charge in [0.05, 0.1) is 12.4 Å². The highest BCUT2D eigenvalue weighted by molar-refractivity contribution is 5.94. The summed E-state index contributed by atoms with van der Waals surface area (Å²) in [5.41, 5.74) is 12.7. The lowest BCUT2D eigenvalue weighted by atomic mass is 10.0. The molecule has 0 aliphatic rings. The number of H-pyrrole nitrogens is 1. The lowest BCUT2D eigenvalue weighted by Crippen LogP contribution is -2.58. The maximum atomic E-state index is 13.5. The highest BCUT2D eigenvalue weighted by atomic mass is 16.4. The molecular weight excluding hydrogens is 506 g/mol. The normalized spacial score (nSPS) is 14.2. The third kappa shape index (κ3) is 10.4. The van der Waals surface area contributed by atoms with E-state index in [9.17, 15) is 29.4 Å². The summed E-state index contributed by atoms with van der Waals surface area (Å²) >= 11 is 0. The Balaban J connectivity index is 2.26. The lowest BCUT2D eigenvalue weighted by Gasteiger charge is -2.26. The Hall–Kier alpha value is -3.97. The summed E-state index contributed by atoms with van der Waals surface area (Å²) < 4.78 is 0. The van der Waals surface area contributed by atoms with Gasteiger partial charge in [0.15, 0.2) is 0 Å². The van der Waals surface area contributed by atoms with Crippen LogP contribution in [0.25, 0.3) is 0 Å². The largest absolute Gasteiger partial charge is 0.508 e. The minimum absolute atomic E-state index is 0.000482. The Kier molecular flexibility index (Phi) is 12.4. The fraction of sp³-hybridized carbons (Fsp3) is 0.500. The number of hydrogen-bond acceptors (Lipinski definition) is 8. The van der Waals surface area contributed by atoms with Crippen molar-refractivity contribution in [2.75, 3.05) is 6.54 Å². The molecular formula is C26H39N7O6. The molecule has 0 aliphatic heterocycles. The van der Waals surface area contributed by atoms with Crippen molar-refractivity contribution < 1.29 is 29.4 Å². The minimum Gasteiger partial charge on any atom is -0.508 e. The number of aliphatic carboxylic acids is 1. The van der Waals surface area contributed by atoms with Crippen molar-refractivity contribution in [1.82, 2.24) is 25.9 Å². The zero-order valence-electron chi connectivity index (χ0n) is 22.2. The number of hydrogen-bond donors (Lipinski definition) is 8. The number of benzene rings is 1. The van der Waals surface area contributed by atoms with Gasteiger partial charge in [-0.25, -0.2) is 9.78 Å². The number of imidazole rings is 1. The molecule has 13 heteroatoms. The van der Waals surface area contributed by atoms with Gasteiger partial charge in [0.25, 0.3) is 0 Å². The van der Waals surface area contributed by atoms with E-state index in [0.717, 1.165) is 0 Å². The standard InChI is InChI=1S/C26H39N7O6/c1-15(2)22(26(38)39)33-25(37)21(12-17-13-29-14-30-17)32-24(36)20(11-16-6-8-18(34)9-7-16)31-23(35)19(28)5-3-4-10-27/h6-9,13-15,19-22,34H,3-5,10-12,27-28H2,1-2H3,(H,29,30)(H,31,35)(H,32,36)(H,33,37)(H,38,39). The van der Waals surface area contributed by atoms with Crippen LogP contribution in [0.3, 0.4) is 0 Å². The summed E-state index contributed by atoms with van der Waals surface area (Å²) in [6, 6.07) is 1.82. The van der Waals surface area contributed by atoms with E-state index in [2.05, 4.69) is 25.9 Å². The quantitative estimate of drug-likeness (QED) is 0.128. The van der Waals surface area contributed by atoms with E-state index in [4.69, 9.17) is 11.5 Å². The number of nitrogens with zero attached hydrogens (tertiary/aromatic N) is 1. The number of phenols is 1. The Morgan fingerprint density at radius 2 is 1.56 bits per heavy atom. The average molecular weight is 546 g/mol. The molecule has 13 nitrogen and oxygen atoms in total. The number of unbranched alkanes of at least 4 members (excludes halogenated alkanes) is 1. The van der Waals surface area contributed by atoms with Crippen LogP contribution in [0, 0.1) is 5.92 Å². The molecule has 1 aromatic carbocycles. The highest BCUT2D eigenvalue weighted by Gasteiger charge is 2.32. The third-order valence-corrected chi connectivity index (χ3v) is 6.16. The number of carbonyl (C=O) groups excluding carboxylic acids is 3. The van der Waals surface area contributed by atoms with Gasteiger partial charge in [0.2, 0.25) is 17.7 Å². The van der Waals surface area contributed by atoms with Gasteiger partial charge in [0, 0.05) is 24.7 Å². The van der Waals surface area contributed by atoms with Gasteiger partial charge in [-0.1, -0.05) is 32.4 Å². The number of rotatable bonds is 16. The zero-order valence-corrected chi connectivity index (χ0v) is 22.2. The maximum Gasteiger partial charge on any atom is 0.326 e. The van der Waals surface area contributed by atoms with E-state index < -0.39 is 53.8 Å². The van der Waals surface area contributed by atoms with Crippen LogP contribution < -0.4 is 27.4 Å². The molecule has 2 aromatic rings. The van der Waals surface area contributed by atoms with Crippen molar-refractivity contribution >= 4 is 23.7 Å². The molecule has 0 aliphatic carbocycles. The lowest BCUT2D eigenvalue weighted by molar-refractivity contribution is -0.143. The number of carboxylic acids is 1. The summed E-state index contributed by atoms with van der Waals surface area (Å²) in [4.78, 5) is 57.9. The average Bonchev–Trinajstić information content (AvgIpc) is 3.40. The number of carbonyl (C=O) groups is 4. The Morgan fingerprint density at radius 3 is 2.13 bits per heavy atom. The van der Waals surface area contributed by atoms with Gasteiger partial charge in [-0.2, -0.15) is 0 Å². The monoisotopic (exact) mass is 545 g/mol. The van der Waals surface area contributed by atoms with Crippen LogP contribution in [-0.4, -0.2) is 74.6 Å². The Bertz CT molecular complexity index is 1070. The molecule has 214 valence electrons. The van der Waals surface area contributed by atoms with Crippen LogP contribution >= 0.6 is 0 Å². The smallest absolute Gasteiger partial charge is 0.326 e. The molecule has 4 unspecified atom stereocenters. The van der Waals surface area contributed by atoms with Crippen LogP contribution in [0.5, 0.6) is 5.75 Å². The molecule has 3 amide bonds. The number of aromatic nitrogens is 2. The third-order valence-electron chi connectivity index (χ3n) is 6.16. The van der Waals surface area contributed by atoms with Gasteiger partial charge < -0.3 is 42.6 Å². The first-order valence-corrected chi connectivity index (χ1v) is 12.9. The van der Waals surface area contributed by atoms with E-state index in [1.807, 2.05) is 0 Å².